The van der Waals surface area contributed by atoms with Crippen molar-refractivity contribution in [2.75, 3.05) is 6.61 Å². The van der Waals surface area contributed by atoms with Gasteiger partial charge in [0.2, 0.25) is 0 Å². The van der Waals surface area contributed by atoms with Crippen molar-refractivity contribution in [2.24, 2.45) is 11.8 Å². The number of ketones is 1. The van der Waals surface area contributed by atoms with Gasteiger partial charge in [0.1, 0.15) is 23.2 Å². The number of carbonyl (C=O) groups is 1. The first-order valence-electron chi connectivity index (χ1n) is 11.9. The van der Waals surface area contributed by atoms with E-state index in [1.165, 1.54) is 18.6 Å². The van der Waals surface area contributed by atoms with Crippen LogP contribution in [-0.4, -0.2) is 32.3 Å². The molecule has 2 fully saturated rings. The summed E-state index contributed by atoms with van der Waals surface area (Å²) in [7, 11) is 0. The summed E-state index contributed by atoms with van der Waals surface area (Å²) < 4.78 is 15.6. The molecule has 2 aliphatic rings. The zero-order chi connectivity index (χ0) is 22.8. The van der Waals surface area contributed by atoms with Crippen molar-refractivity contribution < 1.29 is 14.3 Å². The van der Waals surface area contributed by atoms with Gasteiger partial charge in [0.05, 0.1) is 0 Å². The summed E-state index contributed by atoms with van der Waals surface area (Å²) in [6.45, 7) is 4.53. The van der Waals surface area contributed by atoms with Crippen LogP contribution in [0.2, 0.25) is 5.02 Å². The normalized spacial score (nSPS) is 20.9. The molecule has 1 aromatic heterocycles. The minimum atomic E-state index is -0.416. The van der Waals surface area contributed by atoms with Crippen molar-refractivity contribution in [2.45, 2.75) is 83.1 Å². The second-order valence-electron chi connectivity index (χ2n) is 10.0. The quantitative estimate of drug-likeness (QED) is 0.411. The third-order valence-corrected chi connectivity index (χ3v) is 7.14. The van der Waals surface area contributed by atoms with E-state index in [0.717, 1.165) is 43.3 Å². The molecule has 8 heteroatoms. The standard InChI is InChI=1S/C25H33ClFN3O2.ClH/c1-15(2)9-16-10-19(11-16)25-29-28-24(30(25)21-5-6-21)18(7-8-31)13-22(32)12-17-3-4-20(27)14-23(17)26;/h3-4,14-16,18-19,21,31H,5-13H2,1-2H3;1H/t16?,18-,19?;/m0./s1. The highest BCUT2D eigenvalue weighted by Gasteiger charge is 2.39. The molecule has 2 aliphatic carbocycles. The maximum atomic E-state index is 13.3. The Labute approximate surface area is 206 Å². The second kappa shape index (κ2) is 11.3. The van der Waals surface area contributed by atoms with Crippen LogP contribution in [0, 0.1) is 17.7 Å². The largest absolute Gasteiger partial charge is 0.396 e. The van der Waals surface area contributed by atoms with Crippen LogP contribution in [0.15, 0.2) is 18.2 Å². The molecule has 0 amide bonds. The summed E-state index contributed by atoms with van der Waals surface area (Å²) >= 11 is 6.11. The van der Waals surface area contributed by atoms with E-state index in [1.807, 2.05) is 0 Å². The molecular weight excluding hydrogens is 464 g/mol. The predicted octanol–water partition coefficient (Wildman–Crippen LogP) is 6.03. The van der Waals surface area contributed by atoms with Gasteiger partial charge in [0.25, 0.3) is 0 Å². The van der Waals surface area contributed by atoms with E-state index in [-0.39, 0.29) is 48.6 Å². The number of Topliss-reactive ketones (excluding diaryl/α,β-unsaturated/α-hetero) is 1. The van der Waals surface area contributed by atoms with Crippen LogP contribution in [0.1, 0.15) is 93.9 Å². The number of aromatic nitrogens is 3. The van der Waals surface area contributed by atoms with E-state index in [0.29, 0.717) is 29.9 Å². The maximum Gasteiger partial charge on any atom is 0.138 e. The van der Waals surface area contributed by atoms with Crippen molar-refractivity contribution in [1.29, 1.82) is 0 Å². The summed E-state index contributed by atoms with van der Waals surface area (Å²) in [5.41, 5.74) is 0.621. The van der Waals surface area contributed by atoms with Gasteiger partial charge in [0, 0.05) is 42.3 Å². The molecule has 33 heavy (non-hydrogen) atoms. The average molecular weight is 498 g/mol. The van der Waals surface area contributed by atoms with Crippen LogP contribution >= 0.6 is 24.0 Å². The Morgan fingerprint density at radius 3 is 2.61 bits per heavy atom. The topological polar surface area (TPSA) is 68.0 Å². The van der Waals surface area contributed by atoms with Crippen LogP contribution < -0.4 is 0 Å². The zero-order valence-electron chi connectivity index (χ0n) is 19.3. The summed E-state index contributed by atoms with van der Waals surface area (Å²) in [6, 6.07) is 4.53. The fraction of sp³-hybridized carbons (Fsp3) is 0.640. The molecule has 4 rings (SSSR count). The Kier molecular flexibility index (Phi) is 8.93. The lowest BCUT2D eigenvalue weighted by Crippen LogP contribution is -2.26. The third-order valence-electron chi connectivity index (χ3n) is 6.79. The van der Waals surface area contributed by atoms with Crippen molar-refractivity contribution in [1.82, 2.24) is 14.8 Å². The third kappa shape index (κ3) is 6.34. The molecule has 0 spiro atoms. The Balaban J connectivity index is 0.00000306. The highest BCUT2D eigenvalue weighted by molar-refractivity contribution is 6.31. The monoisotopic (exact) mass is 497 g/mol. The molecule has 0 unspecified atom stereocenters. The van der Waals surface area contributed by atoms with Crippen LogP contribution in [0.5, 0.6) is 0 Å². The van der Waals surface area contributed by atoms with Gasteiger partial charge in [-0.1, -0.05) is 31.5 Å². The molecule has 0 aliphatic heterocycles. The Morgan fingerprint density at radius 2 is 2.00 bits per heavy atom. The Hall–Kier alpha value is -1.50. The Bertz CT molecular complexity index is 955. The molecule has 2 aromatic rings. The van der Waals surface area contributed by atoms with E-state index in [1.54, 1.807) is 6.07 Å². The lowest BCUT2D eigenvalue weighted by atomic mass is 9.71. The Morgan fingerprint density at radius 1 is 1.27 bits per heavy atom. The zero-order valence-corrected chi connectivity index (χ0v) is 20.9. The highest BCUT2D eigenvalue weighted by Crippen LogP contribution is 2.48. The van der Waals surface area contributed by atoms with Gasteiger partial charge in [-0.3, -0.25) is 4.79 Å². The van der Waals surface area contributed by atoms with E-state index in [2.05, 4.69) is 28.6 Å². The molecule has 1 N–H and O–H groups in total. The van der Waals surface area contributed by atoms with Gasteiger partial charge >= 0.3 is 0 Å². The van der Waals surface area contributed by atoms with Gasteiger partial charge in [-0.05, 0) is 68.1 Å². The number of benzene rings is 1. The molecule has 5 nitrogen and oxygen atoms in total. The molecule has 182 valence electrons. The molecular formula is C25H34Cl2FN3O2. The smallest absolute Gasteiger partial charge is 0.138 e. The first kappa shape index (κ1) is 26.1. The first-order valence-corrected chi connectivity index (χ1v) is 12.2. The molecule has 0 saturated heterocycles. The number of nitrogens with zero attached hydrogens (tertiary/aromatic N) is 3. The molecule has 0 bridgehead atoms. The SMILES string of the molecule is CC(C)CC1CC(c2nnc([C@@H](CCO)CC(=O)Cc3ccc(F)cc3Cl)n2C2CC2)C1.Cl. The van der Waals surface area contributed by atoms with Crippen LogP contribution in [0.25, 0.3) is 0 Å². The van der Waals surface area contributed by atoms with E-state index in [9.17, 15) is 14.3 Å². The number of carbonyl (C=O) groups excluding carboxylic acids is 1. The molecule has 1 heterocycles. The van der Waals surface area contributed by atoms with Crippen molar-refractivity contribution in [3.05, 3.63) is 46.3 Å². The number of aliphatic hydroxyl groups is 1. The van der Waals surface area contributed by atoms with Crippen molar-refractivity contribution >= 4 is 29.8 Å². The van der Waals surface area contributed by atoms with Gasteiger partial charge in [-0.25, -0.2) is 4.39 Å². The molecule has 2 saturated carbocycles. The number of hydrogen-bond donors (Lipinski definition) is 1. The van der Waals surface area contributed by atoms with Crippen LogP contribution in [0.4, 0.5) is 4.39 Å². The molecule has 1 aromatic carbocycles. The predicted molar refractivity (Wildman–Crippen MR) is 130 cm³/mol. The minimum Gasteiger partial charge on any atom is -0.396 e. The van der Waals surface area contributed by atoms with E-state index in [4.69, 9.17) is 11.6 Å². The number of halogens is 3. The summed E-state index contributed by atoms with van der Waals surface area (Å²) in [5.74, 6) is 3.24. The van der Waals surface area contributed by atoms with Gasteiger partial charge in [0.15, 0.2) is 0 Å². The highest BCUT2D eigenvalue weighted by atomic mass is 35.5. The van der Waals surface area contributed by atoms with Crippen molar-refractivity contribution in [3.63, 3.8) is 0 Å². The van der Waals surface area contributed by atoms with Crippen LogP contribution in [-0.2, 0) is 11.2 Å². The number of hydrogen-bond acceptors (Lipinski definition) is 4. The van der Waals surface area contributed by atoms with E-state index >= 15 is 0 Å². The second-order valence-corrected chi connectivity index (χ2v) is 10.5. The summed E-state index contributed by atoms with van der Waals surface area (Å²) in [5, 5.41) is 19.1. The lowest BCUT2D eigenvalue weighted by Gasteiger charge is -2.36. The minimum absolute atomic E-state index is 0. The van der Waals surface area contributed by atoms with E-state index < -0.39 is 5.82 Å². The summed E-state index contributed by atoms with van der Waals surface area (Å²) in [4.78, 5) is 12.9. The average Bonchev–Trinajstić information content (AvgIpc) is 3.45. The van der Waals surface area contributed by atoms with Gasteiger partial charge in [-0.15, -0.1) is 22.6 Å². The number of rotatable bonds is 11. The molecule has 0 radical (unpaired) electrons. The fourth-order valence-corrected chi connectivity index (χ4v) is 5.32. The summed E-state index contributed by atoms with van der Waals surface area (Å²) in [6.07, 6.45) is 6.69. The van der Waals surface area contributed by atoms with Gasteiger partial charge < -0.3 is 9.67 Å². The maximum absolute atomic E-state index is 13.3. The van der Waals surface area contributed by atoms with Crippen LogP contribution in [0.3, 0.4) is 0 Å². The van der Waals surface area contributed by atoms with Crippen molar-refractivity contribution in [3.8, 4) is 0 Å². The fourth-order valence-electron chi connectivity index (χ4n) is 5.09. The van der Waals surface area contributed by atoms with Gasteiger partial charge in [-0.2, -0.15) is 0 Å². The number of aliphatic hydroxyl groups excluding tert-OH is 1. The lowest BCUT2D eigenvalue weighted by molar-refractivity contribution is -0.118. The first-order chi connectivity index (χ1) is 15.4. The molecule has 1 atom stereocenters.